The maximum absolute atomic E-state index is 5.54. The average Bonchev–Trinajstić information content (AvgIpc) is 1.86. The Balaban J connectivity index is 3.06. The molecule has 58 valence electrons. The van der Waals surface area contributed by atoms with Crippen LogP contribution in [0.2, 0.25) is 0 Å². The van der Waals surface area contributed by atoms with Crippen molar-refractivity contribution in [2.45, 2.75) is 26.2 Å². The van der Waals surface area contributed by atoms with Gasteiger partial charge in [-0.3, -0.25) is 4.98 Å². The molecule has 0 atom stereocenters. The van der Waals surface area contributed by atoms with Crippen molar-refractivity contribution >= 4 is 0 Å². The first-order chi connectivity index (χ1) is 5.00. The lowest BCUT2D eigenvalue weighted by Crippen LogP contribution is -2.13. The van der Waals surface area contributed by atoms with Gasteiger partial charge in [0.05, 0.1) is 0 Å². The zero-order chi connectivity index (χ0) is 8.48. The molecule has 0 saturated carbocycles. The Labute approximate surface area is 68.5 Å². The largest absolute Gasteiger partial charge is 0.257 e. The summed E-state index contributed by atoms with van der Waals surface area (Å²) in [7, 11) is 0. The predicted octanol–water partition coefficient (Wildman–Crippen LogP) is 2.44. The summed E-state index contributed by atoms with van der Waals surface area (Å²) in [4.78, 5) is 4.22. The van der Waals surface area contributed by atoms with Crippen molar-refractivity contribution in [2.75, 3.05) is 0 Å². The van der Waals surface area contributed by atoms with Crippen LogP contribution in [0.5, 0.6) is 0 Å². The molecule has 0 fully saturated rings. The minimum absolute atomic E-state index is 0.0926. The van der Waals surface area contributed by atoms with Crippen LogP contribution in [0.25, 0.3) is 0 Å². The SMILES string of the molecule is [CH]c1cccc(C(C)(C)C)n1. The first-order valence-electron chi connectivity index (χ1n) is 3.73. The van der Waals surface area contributed by atoms with Gasteiger partial charge < -0.3 is 0 Å². The molecule has 0 saturated heterocycles. The van der Waals surface area contributed by atoms with Crippen molar-refractivity contribution in [3.05, 3.63) is 36.5 Å². The fraction of sp³-hybridized carbons (Fsp3) is 0.400. The van der Waals surface area contributed by atoms with Crippen molar-refractivity contribution < 1.29 is 0 Å². The summed E-state index contributed by atoms with van der Waals surface area (Å²) in [5.74, 6) is 0. The second kappa shape index (κ2) is 2.65. The van der Waals surface area contributed by atoms with Crippen LogP contribution >= 0.6 is 0 Å². The second-order valence-electron chi connectivity index (χ2n) is 3.70. The van der Waals surface area contributed by atoms with E-state index in [1.807, 2.05) is 12.1 Å². The number of nitrogens with zero attached hydrogens (tertiary/aromatic N) is 1. The Morgan fingerprint density at radius 2 is 1.91 bits per heavy atom. The summed E-state index contributed by atoms with van der Waals surface area (Å²) < 4.78 is 0. The first-order valence-corrected chi connectivity index (χ1v) is 3.73. The monoisotopic (exact) mass is 147 g/mol. The standard InChI is InChI=1S/C10H13N/c1-8-6-5-7-9(11-8)10(2,3)4/h1,5-7H,2-4H3. The Kier molecular flexibility index (Phi) is 1.99. The maximum atomic E-state index is 5.54. The van der Waals surface area contributed by atoms with Crippen molar-refractivity contribution in [1.29, 1.82) is 0 Å². The first kappa shape index (κ1) is 8.25. The van der Waals surface area contributed by atoms with Gasteiger partial charge in [-0.2, -0.15) is 0 Å². The molecule has 2 radical (unpaired) electrons. The van der Waals surface area contributed by atoms with Gasteiger partial charge in [0.1, 0.15) is 0 Å². The molecule has 0 aliphatic heterocycles. The smallest absolute Gasteiger partial charge is 0.0460 e. The molecule has 0 aliphatic carbocycles. The zero-order valence-electron chi connectivity index (χ0n) is 7.26. The fourth-order valence-corrected chi connectivity index (χ4v) is 0.869. The molecule has 1 nitrogen and oxygen atoms in total. The summed E-state index contributed by atoms with van der Waals surface area (Å²) in [6.07, 6.45) is 0. The van der Waals surface area contributed by atoms with E-state index in [-0.39, 0.29) is 5.41 Å². The van der Waals surface area contributed by atoms with E-state index in [0.717, 1.165) is 5.69 Å². The van der Waals surface area contributed by atoms with E-state index in [0.29, 0.717) is 5.69 Å². The van der Waals surface area contributed by atoms with Gasteiger partial charge in [0.2, 0.25) is 0 Å². The minimum Gasteiger partial charge on any atom is -0.257 e. The van der Waals surface area contributed by atoms with Crippen LogP contribution in [0.4, 0.5) is 0 Å². The predicted molar refractivity (Wildman–Crippen MR) is 46.3 cm³/mol. The van der Waals surface area contributed by atoms with E-state index in [1.165, 1.54) is 0 Å². The van der Waals surface area contributed by atoms with E-state index in [1.54, 1.807) is 6.07 Å². The number of hydrogen-bond donors (Lipinski definition) is 0. The second-order valence-corrected chi connectivity index (χ2v) is 3.70. The molecule has 0 unspecified atom stereocenters. The van der Waals surface area contributed by atoms with Gasteiger partial charge in [0, 0.05) is 23.7 Å². The Bertz CT molecular complexity index is 245. The Morgan fingerprint density at radius 1 is 1.27 bits per heavy atom. The van der Waals surface area contributed by atoms with Crippen LogP contribution in [0.15, 0.2) is 18.2 Å². The van der Waals surface area contributed by atoms with Crippen molar-refractivity contribution in [3.8, 4) is 0 Å². The van der Waals surface area contributed by atoms with Crippen molar-refractivity contribution in [1.82, 2.24) is 4.98 Å². The molecule has 0 aliphatic rings. The molecule has 1 aromatic rings. The fourth-order valence-electron chi connectivity index (χ4n) is 0.869. The third kappa shape index (κ3) is 2.04. The summed E-state index contributed by atoms with van der Waals surface area (Å²) in [5, 5.41) is 0. The number of aromatic nitrogens is 1. The highest BCUT2D eigenvalue weighted by Crippen LogP contribution is 2.19. The molecule has 0 N–H and O–H groups in total. The van der Waals surface area contributed by atoms with Gasteiger partial charge in [0.25, 0.3) is 0 Å². The topological polar surface area (TPSA) is 12.9 Å². The Hall–Kier alpha value is -0.850. The van der Waals surface area contributed by atoms with Crippen LogP contribution in [0.1, 0.15) is 32.2 Å². The lowest BCUT2D eigenvalue weighted by molar-refractivity contribution is 0.568. The molecule has 11 heavy (non-hydrogen) atoms. The van der Waals surface area contributed by atoms with Gasteiger partial charge in [0.15, 0.2) is 0 Å². The molecule has 1 heterocycles. The van der Waals surface area contributed by atoms with Gasteiger partial charge >= 0.3 is 0 Å². The van der Waals surface area contributed by atoms with Gasteiger partial charge in [-0.1, -0.05) is 26.8 Å². The van der Waals surface area contributed by atoms with Crippen LogP contribution in [-0.2, 0) is 5.41 Å². The zero-order valence-corrected chi connectivity index (χ0v) is 7.26. The molecule has 0 bridgehead atoms. The number of pyridine rings is 1. The Morgan fingerprint density at radius 3 is 2.27 bits per heavy atom. The molecule has 1 rings (SSSR count). The van der Waals surface area contributed by atoms with Gasteiger partial charge in [-0.05, 0) is 12.1 Å². The molecular weight excluding hydrogens is 134 g/mol. The average molecular weight is 147 g/mol. The lowest BCUT2D eigenvalue weighted by atomic mass is 9.91. The van der Waals surface area contributed by atoms with Crippen LogP contribution < -0.4 is 0 Å². The van der Waals surface area contributed by atoms with Crippen molar-refractivity contribution in [2.24, 2.45) is 0 Å². The molecule has 1 heteroatoms. The summed E-state index contributed by atoms with van der Waals surface area (Å²) in [6, 6.07) is 5.73. The minimum atomic E-state index is 0.0926. The molecule has 0 spiro atoms. The van der Waals surface area contributed by atoms with E-state index < -0.39 is 0 Å². The quantitative estimate of drug-likeness (QED) is 0.549. The van der Waals surface area contributed by atoms with E-state index in [4.69, 9.17) is 6.92 Å². The van der Waals surface area contributed by atoms with E-state index in [9.17, 15) is 0 Å². The van der Waals surface area contributed by atoms with E-state index >= 15 is 0 Å². The van der Waals surface area contributed by atoms with Crippen LogP contribution in [0.3, 0.4) is 0 Å². The normalized spacial score (nSPS) is 11.6. The third-order valence-electron chi connectivity index (χ3n) is 1.54. The molecule has 1 aromatic heterocycles. The third-order valence-corrected chi connectivity index (χ3v) is 1.54. The highest BCUT2D eigenvalue weighted by molar-refractivity contribution is 5.18. The van der Waals surface area contributed by atoms with Gasteiger partial charge in [-0.15, -0.1) is 0 Å². The highest BCUT2D eigenvalue weighted by Gasteiger charge is 2.14. The van der Waals surface area contributed by atoms with Gasteiger partial charge in [-0.25, -0.2) is 0 Å². The van der Waals surface area contributed by atoms with Crippen LogP contribution in [0, 0.1) is 6.92 Å². The van der Waals surface area contributed by atoms with E-state index in [2.05, 4.69) is 25.8 Å². The highest BCUT2D eigenvalue weighted by atomic mass is 14.7. The summed E-state index contributed by atoms with van der Waals surface area (Å²) >= 11 is 0. The molecular formula is C10H13N. The summed E-state index contributed by atoms with van der Waals surface area (Å²) in [6.45, 7) is 11.9. The van der Waals surface area contributed by atoms with Crippen molar-refractivity contribution in [3.63, 3.8) is 0 Å². The number of hydrogen-bond acceptors (Lipinski definition) is 1. The summed E-state index contributed by atoms with van der Waals surface area (Å²) in [5.41, 5.74) is 1.73. The molecule has 0 aromatic carbocycles. The maximum Gasteiger partial charge on any atom is 0.0460 e. The van der Waals surface area contributed by atoms with Crippen LogP contribution in [-0.4, -0.2) is 4.98 Å². The lowest BCUT2D eigenvalue weighted by Gasteiger charge is -2.17. The number of rotatable bonds is 0. The molecule has 0 amide bonds.